The first-order valence-corrected chi connectivity index (χ1v) is 5.24. The van der Waals surface area contributed by atoms with Crippen molar-refractivity contribution in [2.45, 2.75) is 55.4 Å². The van der Waals surface area contributed by atoms with Crippen molar-refractivity contribution in [2.24, 2.45) is 5.92 Å². The lowest BCUT2D eigenvalue weighted by molar-refractivity contribution is 0.647. The SMILES string of the molecule is C.C.CC(C)Cc1ccccc1.CCC. The summed E-state index contributed by atoms with van der Waals surface area (Å²) in [6.07, 6.45) is 2.45. The van der Waals surface area contributed by atoms with Crippen LogP contribution in [0.2, 0.25) is 0 Å². The molecule has 0 heterocycles. The summed E-state index contributed by atoms with van der Waals surface area (Å²) >= 11 is 0. The van der Waals surface area contributed by atoms with Gasteiger partial charge in [0.05, 0.1) is 0 Å². The van der Waals surface area contributed by atoms with Crippen LogP contribution in [0.25, 0.3) is 0 Å². The van der Waals surface area contributed by atoms with Crippen molar-refractivity contribution in [2.75, 3.05) is 0 Å². The van der Waals surface area contributed by atoms with Crippen LogP contribution >= 0.6 is 0 Å². The molecule has 0 aliphatic heterocycles. The summed E-state index contributed by atoms with van der Waals surface area (Å²) in [5.74, 6) is 0.766. The van der Waals surface area contributed by atoms with E-state index in [1.54, 1.807) is 0 Å². The molecule has 0 saturated heterocycles. The van der Waals surface area contributed by atoms with E-state index < -0.39 is 0 Å². The zero-order chi connectivity index (χ0) is 10.1. The van der Waals surface area contributed by atoms with Gasteiger partial charge >= 0.3 is 0 Å². The van der Waals surface area contributed by atoms with Crippen molar-refractivity contribution in [1.29, 1.82) is 0 Å². The molecule has 0 fully saturated rings. The maximum Gasteiger partial charge on any atom is -0.0256 e. The van der Waals surface area contributed by atoms with E-state index >= 15 is 0 Å². The highest BCUT2D eigenvalue weighted by Gasteiger charge is 1.94. The summed E-state index contributed by atoms with van der Waals surface area (Å²) < 4.78 is 0. The molecular formula is C15H30. The normalized spacial score (nSPS) is 8.07. The topological polar surface area (TPSA) is 0 Å². The van der Waals surface area contributed by atoms with Gasteiger partial charge in [-0.1, -0.05) is 79.3 Å². The Morgan fingerprint density at radius 3 is 1.67 bits per heavy atom. The molecule has 0 aliphatic rings. The van der Waals surface area contributed by atoms with Crippen LogP contribution in [0.5, 0.6) is 0 Å². The second-order valence-electron chi connectivity index (χ2n) is 3.79. The molecule has 0 N–H and O–H groups in total. The molecule has 90 valence electrons. The number of rotatable bonds is 2. The van der Waals surface area contributed by atoms with Crippen molar-refractivity contribution < 1.29 is 0 Å². The highest BCUT2D eigenvalue weighted by molar-refractivity contribution is 5.14. The van der Waals surface area contributed by atoms with Crippen molar-refractivity contribution in [3.8, 4) is 0 Å². The second-order valence-corrected chi connectivity index (χ2v) is 3.79. The molecular weight excluding hydrogens is 180 g/mol. The summed E-state index contributed by atoms with van der Waals surface area (Å²) in [6.45, 7) is 8.74. The van der Waals surface area contributed by atoms with Gasteiger partial charge in [-0.15, -0.1) is 0 Å². The van der Waals surface area contributed by atoms with Crippen LogP contribution in [-0.2, 0) is 6.42 Å². The van der Waals surface area contributed by atoms with E-state index in [1.165, 1.54) is 18.4 Å². The first-order valence-electron chi connectivity index (χ1n) is 5.24. The van der Waals surface area contributed by atoms with E-state index in [0.29, 0.717) is 0 Å². The standard InChI is InChI=1S/C10H14.C3H8.2CH4/c1-9(2)8-10-6-4-3-5-7-10;1-3-2;;/h3-7,9H,8H2,1-2H3;3H2,1-2H3;2*1H4. The van der Waals surface area contributed by atoms with Gasteiger partial charge in [0.1, 0.15) is 0 Å². The fourth-order valence-corrected chi connectivity index (χ4v) is 1.09. The van der Waals surface area contributed by atoms with E-state index in [4.69, 9.17) is 0 Å². The summed E-state index contributed by atoms with van der Waals surface area (Å²) in [7, 11) is 0. The Morgan fingerprint density at radius 2 is 1.33 bits per heavy atom. The zero-order valence-electron chi connectivity index (χ0n) is 9.38. The minimum atomic E-state index is 0. The molecule has 0 saturated carbocycles. The average Bonchev–Trinajstić information content (AvgIpc) is 2.06. The molecule has 0 spiro atoms. The van der Waals surface area contributed by atoms with Crippen LogP contribution in [0.4, 0.5) is 0 Å². The molecule has 0 aromatic heterocycles. The predicted molar refractivity (Wildman–Crippen MR) is 74.4 cm³/mol. The lowest BCUT2D eigenvalue weighted by Crippen LogP contribution is -1.92. The minimum absolute atomic E-state index is 0. The highest BCUT2D eigenvalue weighted by atomic mass is 14.0. The van der Waals surface area contributed by atoms with Gasteiger partial charge in [-0.2, -0.15) is 0 Å². The Balaban J connectivity index is -0.000000260. The lowest BCUT2D eigenvalue weighted by Gasteiger charge is -2.02. The largest absolute Gasteiger partial charge is 0.0776 e. The molecule has 0 bridgehead atoms. The first-order chi connectivity index (χ1) is 6.20. The van der Waals surface area contributed by atoms with Crippen LogP contribution in [-0.4, -0.2) is 0 Å². The third-order valence-electron chi connectivity index (χ3n) is 1.49. The van der Waals surface area contributed by atoms with Crippen LogP contribution in [0.3, 0.4) is 0 Å². The molecule has 0 amide bonds. The van der Waals surface area contributed by atoms with E-state index in [-0.39, 0.29) is 14.9 Å². The Kier molecular flexibility index (Phi) is 17.4. The average molecular weight is 210 g/mol. The highest BCUT2D eigenvalue weighted by Crippen LogP contribution is 2.05. The summed E-state index contributed by atoms with van der Waals surface area (Å²) in [5, 5.41) is 0. The number of benzene rings is 1. The second kappa shape index (κ2) is 13.2. The van der Waals surface area contributed by atoms with Crippen molar-refractivity contribution >= 4 is 0 Å². The van der Waals surface area contributed by atoms with Crippen molar-refractivity contribution in [3.05, 3.63) is 35.9 Å². The molecule has 1 aromatic rings. The maximum absolute atomic E-state index is 2.24. The molecule has 1 aromatic carbocycles. The van der Waals surface area contributed by atoms with E-state index in [0.717, 1.165) is 5.92 Å². The summed E-state index contributed by atoms with van der Waals surface area (Å²) in [4.78, 5) is 0. The van der Waals surface area contributed by atoms with Gasteiger partial charge in [0.25, 0.3) is 0 Å². The molecule has 0 unspecified atom stereocenters. The van der Waals surface area contributed by atoms with Crippen LogP contribution in [0, 0.1) is 5.92 Å². The van der Waals surface area contributed by atoms with Crippen LogP contribution in [0.15, 0.2) is 30.3 Å². The third kappa shape index (κ3) is 13.2. The van der Waals surface area contributed by atoms with Gasteiger partial charge in [-0.25, -0.2) is 0 Å². The zero-order valence-corrected chi connectivity index (χ0v) is 9.38. The minimum Gasteiger partial charge on any atom is -0.0776 e. The molecule has 0 radical (unpaired) electrons. The van der Waals surface area contributed by atoms with Gasteiger partial charge < -0.3 is 0 Å². The van der Waals surface area contributed by atoms with Crippen molar-refractivity contribution in [1.82, 2.24) is 0 Å². The Hall–Kier alpha value is -0.780. The summed E-state index contributed by atoms with van der Waals surface area (Å²) in [6, 6.07) is 10.6. The molecule has 0 heteroatoms. The van der Waals surface area contributed by atoms with Gasteiger partial charge in [0, 0.05) is 0 Å². The Labute approximate surface area is 97.7 Å². The Morgan fingerprint density at radius 1 is 0.933 bits per heavy atom. The van der Waals surface area contributed by atoms with Gasteiger partial charge in [0.2, 0.25) is 0 Å². The molecule has 15 heavy (non-hydrogen) atoms. The Bertz CT molecular complexity index is 186. The monoisotopic (exact) mass is 210 g/mol. The molecule has 0 atom stereocenters. The smallest absolute Gasteiger partial charge is 0.0256 e. The van der Waals surface area contributed by atoms with Crippen LogP contribution in [0.1, 0.15) is 54.5 Å². The van der Waals surface area contributed by atoms with Gasteiger partial charge in [-0.3, -0.25) is 0 Å². The number of hydrogen-bond acceptors (Lipinski definition) is 0. The predicted octanol–water partition coefficient (Wildman–Crippen LogP) is 5.57. The van der Waals surface area contributed by atoms with Crippen LogP contribution < -0.4 is 0 Å². The van der Waals surface area contributed by atoms with Gasteiger partial charge in [-0.05, 0) is 17.9 Å². The first kappa shape index (κ1) is 19.7. The number of hydrogen-bond donors (Lipinski definition) is 0. The fourth-order valence-electron chi connectivity index (χ4n) is 1.09. The molecule has 1 rings (SSSR count). The third-order valence-corrected chi connectivity index (χ3v) is 1.49. The van der Waals surface area contributed by atoms with Gasteiger partial charge in [0.15, 0.2) is 0 Å². The fraction of sp³-hybridized carbons (Fsp3) is 0.600. The maximum atomic E-state index is 2.24. The molecule has 0 aliphatic carbocycles. The van der Waals surface area contributed by atoms with E-state index in [9.17, 15) is 0 Å². The van der Waals surface area contributed by atoms with E-state index in [1.807, 2.05) is 0 Å². The lowest BCUT2D eigenvalue weighted by atomic mass is 10.0. The quantitative estimate of drug-likeness (QED) is 0.598. The van der Waals surface area contributed by atoms with Crippen molar-refractivity contribution in [3.63, 3.8) is 0 Å². The summed E-state index contributed by atoms with van der Waals surface area (Å²) in [5.41, 5.74) is 1.44. The molecule has 0 nitrogen and oxygen atoms in total. The van der Waals surface area contributed by atoms with E-state index in [2.05, 4.69) is 58.0 Å².